The molecule has 2 N–H and O–H groups in total. The Balaban J connectivity index is 2.16. The van der Waals surface area contributed by atoms with Crippen LogP contribution >= 0.6 is 0 Å². The maximum Gasteiger partial charge on any atom is 0.334 e. The van der Waals surface area contributed by atoms with Crippen molar-refractivity contribution in [2.45, 2.75) is 65.5 Å². The van der Waals surface area contributed by atoms with E-state index in [0.29, 0.717) is 26.5 Å². The molecule has 15 heteroatoms. The second-order valence-electron chi connectivity index (χ2n) is 10.3. The number of hydrogen-bond acceptors (Lipinski definition) is 11. The van der Waals surface area contributed by atoms with Gasteiger partial charge in [0, 0.05) is 26.4 Å². The summed E-state index contributed by atoms with van der Waals surface area (Å²) in [4.78, 5) is 89.2. The summed E-state index contributed by atoms with van der Waals surface area (Å²) in [6.45, 7) is 1.70. The number of ketones is 1. The van der Waals surface area contributed by atoms with E-state index in [0.717, 1.165) is 30.9 Å². The molecule has 2 aromatic rings. The molecule has 0 spiro atoms. The lowest BCUT2D eigenvalue weighted by atomic mass is 9.83. The van der Waals surface area contributed by atoms with Crippen LogP contribution in [0.1, 0.15) is 57.1 Å². The monoisotopic (exact) mass is 628 g/mol. The van der Waals surface area contributed by atoms with Crippen LogP contribution in [0.4, 0.5) is 0 Å². The first-order valence-electron chi connectivity index (χ1n) is 14.5. The van der Waals surface area contributed by atoms with E-state index < -0.39 is 83.0 Å². The molecule has 0 amide bonds. The Kier molecular flexibility index (Phi) is 11.5. The largest absolute Gasteiger partial charge is 0.494 e. The highest BCUT2D eigenvalue weighted by molar-refractivity contribution is 6.01. The zero-order valence-corrected chi connectivity index (χ0v) is 25.6. The third-order valence-corrected chi connectivity index (χ3v) is 7.39. The fourth-order valence-electron chi connectivity index (χ4n) is 4.95. The van der Waals surface area contributed by atoms with Gasteiger partial charge in [0.05, 0.1) is 24.4 Å². The molecule has 15 nitrogen and oxygen atoms in total. The smallest absolute Gasteiger partial charge is 0.334 e. The van der Waals surface area contributed by atoms with Crippen LogP contribution in [0, 0.1) is 17.8 Å². The third kappa shape index (κ3) is 7.69. The lowest BCUT2D eigenvalue weighted by molar-refractivity contribution is -0.144. The fourth-order valence-corrected chi connectivity index (χ4v) is 4.95. The summed E-state index contributed by atoms with van der Waals surface area (Å²) >= 11 is 0. The maximum atomic E-state index is 13.6. The second-order valence-corrected chi connectivity index (χ2v) is 10.3. The first kappa shape index (κ1) is 34.4. The predicted molar refractivity (Wildman–Crippen MR) is 159 cm³/mol. The summed E-state index contributed by atoms with van der Waals surface area (Å²) in [5.74, 6) is 1.06. The van der Waals surface area contributed by atoms with Crippen molar-refractivity contribution in [1.82, 2.24) is 18.3 Å². The Hall–Kier alpha value is -5.13. The molecule has 45 heavy (non-hydrogen) atoms. The minimum Gasteiger partial charge on any atom is -0.494 e. The number of ether oxygens (including phenoxy) is 2. The van der Waals surface area contributed by atoms with Crippen LogP contribution in [-0.2, 0) is 57.5 Å². The van der Waals surface area contributed by atoms with Crippen molar-refractivity contribution in [2.24, 2.45) is 20.0 Å². The van der Waals surface area contributed by atoms with Crippen molar-refractivity contribution < 1.29 is 34.1 Å². The lowest BCUT2D eigenvalue weighted by Gasteiger charge is -2.20. The molecule has 0 unspecified atom stereocenters. The Labute approximate surface area is 256 Å². The van der Waals surface area contributed by atoms with Gasteiger partial charge >= 0.3 is 23.3 Å². The molecular weight excluding hydrogens is 592 g/mol. The van der Waals surface area contributed by atoms with Gasteiger partial charge in [0.25, 0.3) is 11.1 Å². The van der Waals surface area contributed by atoms with Gasteiger partial charge in [-0.05, 0) is 26.7 Å². The van der Waals surface area contributed by atoms with Crippen molar-refractivity contribution in [3.05, 3.63) is 64.5 Å². The van der Waals surface area contributed by atoms with Crippen LogP contribution in [0.2, 0.25) is 0 Å². The number of carbonyl (C=O) groups is 3. The van der Waals surface area contributed by atoms with Gasteiger partial charge in [0.2, 0.25) is 11.8 Å². The SMILES string of the molecule is CCOC(=O)Cn1c(=O)c(C#CC(=CCc2c(O)n(C)c(=O)n(CC(=O)OCC)c2=O)C(=O)C2CCCCC2)c(O)n(C)c1=O. The molecule has 0 aliphatic heterocycles. The number of aromatic hydroxyl groups is 2. The topological polar surface area (TPSA) is 198 Å². The summed E-state index contributed by atoms with van der Waals surface area (Å²) < 4.78 is 12.3. The van der Waals surface area contributed by atoms with Crippen LogP contribution in [0.3, 0.4) is 0 Å². The van der Waals surface area contributed by atoms with E-state index in [2.05, 4.69) is 11.8 Å². The Morgan fingerprint density at radius 3 is 1.87 bits per heavy atom. The molecule has 0 atom stereocenters. The standard InChI is InChI=1S/C30H36N4O11/c1-5-44-22(35)16-33-27(40)20(25(38)31(3)29(33)42)14-12-19(24(37)18-10-8-7-9-11-18)13-15-21-26(39)32(4)30(43)34(28(21)41)17-23(36)45-6-2/h12,18,38-39H,5-11,14,16-17H2,1-4H3. The fraction of sp³-hybridized carbons (Fsp3) is 0.500. The zero-order chi connectivity index (χ0) is 33.4. The van der Waals surface area contributed by atoms with E-state index in [4.69, 9.17) is 9.47 Å². The Morgan fingerprint density at radius 1 is 0.822 bits per heavy atom. The number of Topliss-reactive ketones (excluding diaryl/α,β-unsaturated/α-hetero) is 1. The quantitative estimate of drug-likeness (QED) is 0.197. The van der Waals surface area contributed by atoms with Gasteiger partial charge in [-0.3, -0.25) is 33.1 Å². The average Bonchev–Trinajstić information content (AvgIpc) is 3.02. The third-order valence-electron chi connectivity index (χ3n) is 7.39. The van der Waals surface area contributed by atoms with Crippen LogP contribution < -0.4 is 22.5 Å². The number of nitrogens with zero attached hydrogens (tertiary/aromatic N) is 4. The highest BCUT2D eigenvalue weighted by atomic mass is 16.5. The van der Waals surface area contributed by atoms with Gasteiger partial charge in [-0.25, -0.2) is 18.7 Å². The minimum absolute atomic E-state index is 0.00903. The molecule has 0 saturated heterocycles. The maximum absolute atomic E-state index is 13.6. The first-order valence-corrected chi connectivity index (χ1v) is 14.5. The summed E-state index contributed by atoms with van der Waals surface area (Å²) in [7, 11) is 2.36. The van der Waals surface area contributed by atoms with E-state index in [-0.39, 0.29) is 24.4 Å². The van der Waals surface area contributed by atoms with Gasteiger partial charge in [0.15, 0.2) is 11.3 Å². The van der Waals surface area contributed by atoms with E-state index in [9.17, 15) is 43.8 Å². The summed E-state index contributed by atoms with van der Waals surface area (Å²) in [5, 5.41) is 21.2. The number of carbonyl (C=O) groups excluding carboxylic acids is 3. The number of hydrogen-bond donors (Lipinski definition) is 2. The molecule has 1 saturated carbocycles. The van der Waals surface area contributed by atoms with E-state index in [1.54, 1.807) is 13.8 Å². The Morgan fingerprint density at radius 2 is 1.33 bits per heavy atom. The van der Waals surface area contributed by atoms with Crippen molar-refractivity contribution in [1.29, 1.82) is 0 Å². The number of allylic oxidation sites excluding steroid dienone is 2. The highest BCUT2D eigenvalue weighted by Gasteiger charge is 2.25. The second kappa shape index (κ2) is 15.0. The van der Waals surface area contributed by atoms with Crippen LogP contribution in [-0.4, -0.2) is 59.4 Å². The molecule has 0 radical (unpaired) electrons. The van der Waals surface area contributed by atoms with E-state index in [1.807, 2.05) is 0 Å². The van der Waals surface area contributed by atoms with Crippen molar-refractivity contribution in [3.63, 3.8) is 0 Å². The first-order chi connectivity index (χ1) is 21.3. The molecular formula is C30H36N4O11. The van der Waals surface area contributed by atoms with Crippen molar-refractivity contribution in [2.75, 3.05) is 13.2 Å². The van der Waals surface area contributed by atoms with Crippen molar-refractivity contribution >= 4 is 17.7 Å². The molecule has 0 bridgehead atoms. The summed E-state index contributed by atoms with van der Waals surface area (Å²) in [6.07, 6.45) is 4.58. The molecule has 1 fully saturated rings. The summed E-state index contributed by atoms with van der Waals surface area (Å²) in [6, 6.07) is 0. The van der Waals surface area contributed by atoms with Crippen molar-refractivity contribution in [3.8, 4) is 23.6 Å². The number of esters is 2. The molecule has 1 aliphatic carbocycles. The van der Waals surface area contributed by atoms with E-state index in [1.165, 1.54) is 13.1 Å². The van der Waals surface area contributed by atoms with Gasteiger partial charge in [-0.15, -0.1) is 0 Å². The molecule has 3 rings (SSSR count). The molecule has 0 aromatic carbocycles. The molecule has 242 valence electrons. The van der Waals surface area contributed by atoms with Crippen LogP contribution in [0.5, 0.6) is 11.8 Å². The van der Waals surface area contributed by atoms with Gasteiger partial charge in [0.1, 0.15) is 13.1 Å². The number of aromatic nitrogens is 4. The van der Waals surface area contributed by atoms with Gasteiger partial charge in [-0.1, -0.05) is 37.2 Å². The minimum atomic E-state index is -1.09. The zero-order valence-electron chi connectivity index (χ0n) is 25.6. The molecule has 2 heterocycles. The van der Waals surface area contributed by atoms with Crippen LogP contribution in [0.15, 0.2) is 30.8 Å². The number of rotatable bonds is 10. The van der Waals surface area contributed by atoms with Crippen LogP contribution in [0.25, 0.3) is 0 Å². The van der Waals surface area contributed by atoms with Gasteiger partial charge in [-0.2, -0.15) is 0 Å². The van der Waals surface area contributed by atoms with E-state index >= 15 is 0 Å². The molecule has 1 aliphatic rings. The Bertz CT molecular complexity index is 1820. The summed E-state index contributed by atoms with van der Waals surface area (Å²) in [5.41, 5.74) is -5.02. The highest BCUT2D eigenvalue weighted by Crippen LogP contribution is 2.27. The predicted octanol–water partition coefficient (Wildman–Crippen LogP) is -0.385. The lowest BCUT2D eigenvalue weighted by Crippen LogP contribution is -2.42. The molecule has 2 aromatic heterocycles. The average molecular weight is 629 g/mol. The normalized spacial score (nSPS) is 13.6. The van der Waals surface area contributed by atoms with Gasteiger partial charge < -0.3 is 19.7 Å².